The van der Waals surface area contributed by atoms with E-state index in [9.17, 15) is 0 Å². The number of hydrogen-bond acceptors (Lipinski definition) is 1. The smallest absolute Gasteiger partial charge is 0.0326 e. The monoisotopic (exact) mass is 233 g/mol. The maximum absolute atomic E-state index is 6.43. The summed E-state index contributed by atoms with van der Waals surface area (Å²) in [6.07, 6.45) is 3.76. The van der Waals surface area contributed by atoms with Gasteiger partial charge in [0.1, 0.15) is 0 Å². The molecule has 1 aromatic rings. The molecule has 0 heterocycles. The lowest BCUT2D eigenvalue weighted by Gasteiger charge is -2.24. The van der Waals surface area contributed by atoms with Gasteiger partial charge in [0.15, 0.2) is 0 Å². The molecule has 0 aliphatic carbocycles. The topological polar surface area (TPSA) is 26.0 Å². The van der Waals surface area contributed by atoms with E-state index in [1.165, 1.54) is 41.5 Å². The molecule has 1 rings (SSSR count). The number of aryl methyl sites for hydroxylation is 3. The third-order valence-corrected chi connectivity index (χ3v) is 3.70. The van der Waals surface area contributed by atoms with Crippen LogP contribution in [0.5, 0.6) is 0 Å². The summed E-state index contributed by atoms with van der Waals surface area (Å²) in [5.41, 5.74) is 11.8. The summed E-state index contributed by atoms with van der Waals surface area (Å²) in [5, 5.41) is 0. The van der Waals surface area contributed by atoms with Crippen molar-refractivity contribution in [2.75, 3.05) is 0 Å². The molecule has 1 heteroatoms. The van der Waals surface area contributed by atoms with E-state index in [1.807, 2.05) is 0 Å². The third kappa shape index (κ3) is 3.57. The Morgan fingerprint density at radius 1 is 1.12 bits per heavy atom. The van der Waals surface area contributed by atoms with Crippen molar-refractivity contribution in [2.24, 2.45) is 11.7 Å². The van der Waals surface area contributed by atoms with Gasteiger partial charge in [0.05, 0.1) is 0 Å². The van der Waals surface area contributed by atoms with E-state index in [0.717, 1.165) is 0 Å². The maximum Gasteiger partial charge on any atom is 0.0326 e. The molecule has 96 valence electrons. The Labute approximate surface area is 106 Å². The summed E-state index contributed by atoms with van der Waals surface area (Å²) < 4.78 is 0. The Hall–Kier alpha value is -0.820. The number of rotatable bonds is 5. The Morgan fingerprint density at radius 3 is 2.12 bits per heavy atom. The van der Waals surface area contributed by atoms with Crippen molar-refractivity contribution in [3.63, 3.8) is 0 Å². The lowest BCUT2D eigenvalue weighted by Crippen LogP contribution is -2.21. The van der Waals surface area contributed by atoms with E-state index in [0.29, 0.717) is 5.92 Å². The van der Waals surface area contributed by atoms with Crippen LogP contribution in [0, 0.1) is 26.7 Å². The normalized spacial score (nSPS) is 14.7. The van der Waals surface area contributed by atoms with E-state index in [-0.39, 0.29) is 6.04 Å². The van der Waals surface area contributed by atoms with Gasteiger partial charge in [-0.15, -0.1) is 0 Å². The maximum atomic E-state index is 6.43. The molecule has 17 heavy (non-hydrogen) atoms. The van der Waals surface area contributed by atoms with Crippen molar-refractivity contribution in [3.8, 4) is 0 Å². The minimum Gasteiger partial charge on any atom is -0.324 e. The summed E-state index contributed by atoms with van der Waals surface area (Å²) >= 11 is 0. The summed E-state index contributed by atoms with van der Waals surface area (Å²) in [6.45, 7) is 11.0. The fourth-order valence-electron chi connectivity index (χ4n) is 2.71. The minimum absolute atomic E-state index is 0.183. The lowest BCUT2D eigenvalue weighted by atomic mass is 9.86. The van der Waals surface area contributed by atoms with Crippen LogP contribution in [0.25, 0.3) is 0 Å². The van der Waals surface area contributed by atoms with Crippen LogP contribution in [0.3, 0.4) is 0 Å². The molecule has 0 radical (unpaired) electrons. The van der Waals surface area contributed by atoms with Crippen molar-refractivity contribution in [2.45, 2.75) is 59.9 Å². The molecule has 0 spiro atoms. The zero-order valence-electron chi connectivity index (χ0n) is 12.0. The average molecular weight is 233 g/mol. The fourth-order valence-corrected chi connectivity index (χ4v) is 2.71. The highest BCUT2D eigenvalue weighted by atomic mass is 14.6. The highest BCUT2D eigenvalue weighted by Crippen LogP contribution is 2.29. The van der Waals surface area contributed by atoms with Crippen molar-refractivity contribution in [1.82, 2.24) is 0 Å². The lowest BCUT2D eigenvalue weighted by molar-refractivity contribution is 0.421. The standard InChI is InChI=1S/C16H27N/c1-6-7-8-12(3)16(17)15-13(4)9-11(2)10-14(15)5/h9-10,12,16H,6-8,17H2,1-5H3. The first kappa shape index (κ1) is 14.2. The van der Waals surface area contributed by atoms with Crippen molar-refractivity contribution >= 4 is 0 Å². The minimum atomic E-state index is 0.183. The number of benzene rings is 1. The Balaban J connectivity index is 2.91. The predicted molar refractivity (Wildman–Crippen MR) is 76.3 cm³/mol. The van der Waals surface area contributed by atoms with Gasteiger partial charge < -0.3 is 5.73 Å². The largest absolute Gasteiger partial charge is 0.324 e. The molecule has 2 unspecified atom stereocenters. The molecular formula is C16H27N. The van der Waals surface area contributed by atoms with Gasteiger partial charge in [-0.25, -0.2) is 0 Å². The van der Waals surface area contributed by atoms with Crippen LogP contribution in [0.4, 0.5) is 0 Å². The van der Waals surface area contributed by atoms with E-state index in [4.69, 9.17) is 5.73 Å². The molecule has 0 saturated carbocycles. The zero-order valence-corrected chi connectivity index (χ0v) is 12.0. The molecule has 0 aromatic heterocycles. The van der Waals surface area contributed by atoms with Crippen LogP contribution >= 0.6 is 0 Å². The van der Waals surface area contributed by atoms with Crippen LogP contribution in [0.15, 0.2) is 12.1 Å². The van der Waals surface area contributed by atoms with Crippen molar-refractivity contribution in [3.05, 3.63) is 34.4 Å². The summed E-state index contributed by atoms with van der Waals surface area (Å²) in [6, 6.07) is 4.67. The molecule has 2 atom stereocenters. The van der Waals surface area contributed by atoms with Crippen LogP contribution in [0.1, 0.15) is 61.4 Å². The molecule has 0 amide bonds. The van der Waals surface area contributed by atoms with Gasteiger partial charge in [0.2, 0.25) is 0 Å². The second-order valence-corrected chi connectivity index (χ2v) is 5.46. The van der Waals surface area contributed by atoms with E-state index < -0.39 is 0 Å². The molecule has 0 bridgehead atoms. The summed E-state index contributed by atoms with van der Waals surface area (Å²) in [7, 11) is 0. The molecule has 0 aliphatic rings. The molecular weight excluding hydrogens is 206 g/mol. The SMILES string of the molecule is CCCCC(C)C(N)c1c(C)cc(C)cc1C. The first-order valence-electron chi connectivity index (χ1n) is 6.80. The van der Waals surface area contributed by atoms with Gasteiger partial charge in [0, 0.05) is 6.04 Å². The van der Waals surface area contributed by atoms with E-state index in [1.54, 1.807) is 0 Å². The average Bonchev–Trinajstić information content (AvgIpc) is 2.24. The second kappa shape index (κ2) is 6.20. The Morgan fingerprint density at radius 2 is 1.65 bits per heavy atom. The highest BCUT2D eigenvalue weighted by Gasteiger charge is 2.18. The van der Waals surface area contributed by atoms with Crippen LogP contribution in [-0.4, -0.2) is 0 Å². The van der Waals surface area contributed by atoms with Crippen LogP contribution in [0.2, 0.25) is 0 Å². The molecule has 2 N–H and O–H groups in total. The van der Waals surface area contributed by atoms with Gasteiger partial charge in [0.25, 0.3) is 0 Å². The zero-order chi connectivity index (χ0) is 13.0. The van der Waals surface area contributed by atoms with Gasteiger partial charge in [-0.3, -0.25) is 0 Å². The molecule has 1 aromatic carbocycles. The second-order valence-electron chi connectivity index (χ2n) is 5.46. The van der Waals surface area contributed by atoms with Gasteiger partial charge >= 0.3 is 0 Å². The summed E-state index contributed by atoms with van der Waals surface area (Å²) in [4.78, 5) is 0. The highest BCUT2D eigenvalue weighted by molar-refractivity contribution is 5.39. The molecule has 1 nitrogen and oxygen atoms in total. The molecule has 0 aliphatic heterocycles. The van der Waals surface area contributed by atoms with E-state index >= 15 is 0 Å². The molecule has 0 fully saturated rings. The van der Waals surface area contributed by atoms with Gasteiger partial charge in [-0.2, -0.15) is 0 Å². The number of nitrogens with two attached hydrogens (primary N) is 1. The van der Waals surface area contributed by atoms with Gasteiger partial charge in [-0.1, -0.05) is 44.4 Å². The van der Waals surface area contributed by atoms with Crippen molar-refractivity contribution < 1.29 is 0 Å². The van der Waals surface area contributed by atoms with Gasteiger partial charge in [-0.05, 0) is 49.8 Å². The third-order valence-electron chi connectivity index (χ3n) is 3.70. The van der Waals surface area contributed by atoms with E-state index in [2.05, 4.69) is 46.8 Å². The molecule has 0 saturated heterocycles. The number of unbranched alkanes of at least 4 members (excludes halogenated alkanes) is 1. The first-order chi connectivity index (χ1) is 7.97. The Bertz CT molecular complexity index is 345. The summed E-state index contributed by atoms with van der Waals surface area (Å²) in [5.74, 6) is 0.565. The van der Waals surface area contributed by atoms with Crippen molar-refractivity contribution in [1.29, 1.82) is 0 Å². The fraction of sp³-hybridized carbons (Fsp3) is 0.625. The first-order valence-corrected chi connectivity index (χ1v) is 6.80. The predicted octanol–water partition coefficient (Wildman–Crippen LogP) is 4.44. The van der Waals surface area contributed by atoms with Crippen LogP contribution < -0.4 is 5.73 Å². The van der Waals surface area contributed by atoms with Crippen LogP contribution in [-0.2, 0) is 0 Å². The quantitative estimate of drug-likeness (QED) is 0.799. The Kier molecular flexibility index (Phi) is 5.20. The number of hydrogen-bond donors (Lipinski definition) is 1.